The molecule has 1 fully saturated rings. The van der Waals surface area contributed by atoms with E-state index in [1.807, 2.05) is 31.4 Å². The summed E-state index contributed by atoms with van der Waals surface area (Å²) in [6.45, 7) is 0. The Balaban J connectivity index is 2.01. The van der Waals surface area contributed by atoms with Crippen LogP contribution >= 0.6 is 39.5 Å². The second-order valence-corrected chi connectivity index (χ2v) is 7.26. The van der Waals surface area contributed by atoms with E-state index in [4.69, 9.17) is 12.2 Å². The molecule has 1 aliphatic heterocycles. The number of thiocarbonyl (C=S) groups is 1. The Kier molecular flexibility index (Phi) is 3.56. The first-order valence-electron chi connectivity index (χ1n) is 5.86. The highest BCUT2D eigenvalue weighted by molar-refractivity contribution is 9.11. The highest BCUT2D eigenvalue weighted by atomic mass is 79.9. The third-order valence-electron chi connectivity index (χ3n) is 3.22. The van der Waals surface area contributed by atoms with Crippen molar-refractivity contribution < 1.29 is 0 Å². The Morgan fingerprint density at radius 3 is 2.84 bits per heavy atom. The van der Waals surface area contributed by atoms with E-state index in [1.54, 1.807) is 11.3 Å². The number of hydrogen-bond acceptors (Lipinski definition) is 3. The number of nitrogens with one attached hydrogen (secondary N) is 1. The molecule has 3 nitrogen and oxygen atoms in total. The molecule has 2 aromatic heterocycles. The lowest BCUT2D eigenvalue weighted by Gasteiger charge is -2.22. The van der Waals surface area contributed by atoms with Crippen molar-refractivity contribution >= 4 is 44.6 Å². The quantitative estimate of drug-likeness (QED) is 0.836. The second-order valence-electron chi connectivity index (χ2n) is 4.38. The molecule has 1 saturated heterocycles. The fourth-order valence-electron chi connectivity index (χ4n) is 2.30. The monoisotopic (exact) mass is 353 g/mol. The van der Waals surface area contributed by atoms with Crippen LogP contribution in [0.1, 0.15) is 22.7 Å². The first kappa shape index (κ1) is 13.0. The molecule has 6 heteroatoms. The standard InChI is InChI=1S/C13H12BrN3S2/c1-17-12(9-5-6-10(14)19-9)11(16-13(17)18)8-4-2-3-7-15-8/h2-7,11-12H,1H3,(H,16,18)/t11-,12-/m0/s1. The van der Waals surface area contributed by atoms with Crippen molar-refractivity contribution in [3.05, 3.63) is 50.9 Å². The van der Waals surface area contributed by atoms with Gasteiger partial charge in [0.05, 0.1) is 21.6 Å². The van der Waals surface area contributed by atoms with Gasteiger partial charge in [0.2, 0.25) is 0 Å². The first-order chi connectivity index (χ1) is 9.16. The van der Waals surface area contributed by atoms with Gasteiger partial charge in [0.15, 0.2) is 5.11 Å². The van der Waals surface area contributed by atoms with Crippen molar-refractivity contribution in [1.29, 1.82) is 0 Å². The zero-order chi connectivity index (χ0) is 13.4. The first-order valence-corrected chi connectivity index (χ1v) is 7.88. The third kappa shape index (κ3) is 2.40. The van der Waals surface area contributed by atoms with E-state index in [0.29, 0.717) is 0 Å². The summed E-state index contributed by atoms with van der Waals surface area (Å²) in [5.41, 5.74) is 1.02. The molecule has 0 aromatic carbocycles. The topological polar surface area (TPSA) is 28.2 Å². The molecule has 98 valence electrons. The molecule has 3 heterocycles. The average molecular weight is 354 g/mol. The van der Waals surface area contributed by atoms with Crippen LogP contribution in [0, 0.1) is 0 Å². The fraction of sp³-hybridized carbons (Fsp3) is 0.231. The molecule has 0 spiro atoms. The maximum Gasteiger partial charge on any atom is 0.169 e. The predicted octanol–water partition coefficient (Wildman–Crippen LogP) is 3.51. The summed E-state index contributed by atoms with van der Waals surface area (Å²) in [4.78, 5) is 7.84. The minimum atomic E-state index is 0.101. The average Bonchev–Trinajstić information content (AvgIpc) is 2.96. The molecule has 19 heavy (non-hydrogen) atoms. The van der Waals surface area contributed by atoms with E-state index in [1.165, 1.54) is 4.88 Å². The Hall–Kier alpha value is -0.980. The normalized spacial score (nSPS) is 22.6. The van der Waals surface area contributed by atoms with Crippen molar-refractivity contribution in [2.75, 3.05) is 7.05 Å². The Morgan fingerprint density at radius 2 is 2.21 bits per heavy atom. The van der Waals surface area contributed by atoms with Gasteiger partial charge in [-0.15, -0.1) is 11.3 Å². The fourth-order valence-corrected chi connectivity index (χ4v) is 4.15. The molecule has 1 N–H and O–H groups in total. The van der Waals surface area contributed by atoms with Gasteiger partial charge >= 0.3 is 0 Å². The minimum Gasteiger partial charge on any atom is -0.352 e. The Bertz CT molecular complexity index is 599. The summed E-state index contributed by atoms with van der Waals surface area (Å²) in [6.07, 6.45) is 1.82. The number of pyridine rings is 1. The van der Waals surface area contributed by atoms with Crippen LogP contribution in [0.15, 0.2) is 40.3 Å². The van der Waals surface area contributed by atoms with Crippen LogP contribution in [0.25, 0.3) is 0 Å². The van der Waals surface area contributed by atoms with E-state index < -0.39 is 0 Å². The van der Waals surface area contributed by atoms with Crippen LogP contribution < -0.4 is 5.32 Å². The van der Waals surface area contributed by atoms with Crippen LogP contribution in [-0.4, -0.2) is 22.0 Å². The zero-order valence-corrected chi connectivity index (χ0v) is 13.4. The molecule has 0 amide bonds. The lowest BCUT2D eigenvalue weighted by atomic mass is 10.0. The molecule has 0 aliphatic carbocycles. The molecular weight excluding hydrogens is 342 g/mol. The number of halogens is 1. The summed E-state index contributed by atoms with van der Waals surface area (Å²) in [7, 11) is 2.02. The van der Waals surface area contributed by atoms with Gasteiger partial charge in [0.25, 0.3) is 0 Å². The van der Waals surface area contributed by atoms with Crippen LogP contribution in [0.2, 0.25) is 0 Å². The number of thiophene rings is 1. The van der Waals surface area contributed by atoms with Gasteiger partial charge in [0, 0.05) is 18.1 Å². The van der Waals surface area contributed by atoms with Gasteiger partial charge in [-0.2, -0.15) is 0 Å². The van der Waals surface area contributed by atoms with Crippen LogP contribution in [0.5, 0.6) is 0 Å². The van der Waals surface area contributed by atoms with Crippen LogP contribution in [0.4, 0.5) is 0 Å². The van der Waals surface area contributed by atoms with Gasteiger partial charge in [-0.05, 0) is 52.4 Å². The summed E-state index contributed by atoms with van der Waals surface area (Å²) in [5.74, 6) is 0. The number of rotatable bonds is 2. The highest BCUT2D eigenvalue weighted by Crippen LogP contribution is 2.41. The van der Waals surface area contributed by atoms with E-state index >= 15 is 0 Å². The molecule has 2 atom stereocenters. The molecular formula is C13H12BrN3S2. The van der Waals surface area contributed by atoms with Crippen molar-refractivity contribution in [2.45, 2.75) is 12.1 Å². The van der Waals surface area contributed by atoms with E-state index in [0.717, 1.165) is 14.6 Å². The number of nitrogens with zero attached hydrogens (tertiary/aromatic N) is 2. The summed E-state index contributed by atoms with van der Waals surface area (Å²) >= 11 is 10.6. The molecule has 3 rings (SSSR count). The lowest BCUT2D eigenvalue weighted by Crippen LogP contribution is -2.24. The van der Waals surface area contributed by atoms with E-state index in [9.17, 15) is 0 Å². The van der Waals surface area contributed by atoms with Crippen LogP contribution in [-0.2, 0) is 0 Å². The molecule has 0 radical (unpaired) electrons. The summed E-state index contributed by atoms with van der Waals surface area (Å²) in [5, 5.41) is 4.13. The highest BCUT2D eigenvalue weighted by Gasteiger charge is 2.38. The Morgan fingerprint density at radius 1 is 1.37 bits per heavy atom. The van der Waals surface area contributed by atoms with Gasteiger partial charge < -0.3 is 10.2 Å². The van der Waals surface area contributed by atoms with E-state index in [2.05, 4.69) is 43.3 Å². The van der Waals surface area contributed by atoms with Crippen LogP contribution in [0.3, 0.4) is 0 Å². The Labute approximate surface area is 129 Å². The number of likely N-dealkylation sites (N-methyl/N-ethyl adjacent to an activating group) is 1. The maximum absolute atomic E-state index is 5.38. The van der Waals surface area contributed by atoms with Gasteiger partial charge in [-0.25, -0.2) is 0 Å². The molecule has 0 unspecified atom stereocenters. The molecule has 1 aliphatic rings. The smallest absolute Gasteiger partial charge is 0.169 e. The van der Waals surface area contributed by atoms with Crippen molar-refractivity contribution in [3.8, 4) is 0 Å². The predicted molar refractivity (Wildman–Crippen MR) is 85.2 cm³/mol. The minimum absolute atomic E-state index is 0.101. The number of aromatic nitrogens is 1. The maximum atomic E-state index is 5.38. The van der Waals surface area contributed by atoms with Crippen molar-refractivity contribution in [1.82, 2.24) is 15.2 Å². The summed E-state index contributed by atoms with van der Waals surface area (Å²) in [6, 6.07) is 10.5. The largest absolute Gasteiger partial charge is 0.352 e. The summed E-state index contributed by atoms with van der Waals surface area (Å²) < 4.78 is 1.13. The van der Waals surface area contributed by atoms with Crippen molar-refractivity contribution in [2.24, 2.45) is 0 Å². The second kappa shape index (κ2) is 5.19. The van der Waals surface area contributed by atoms with Gasteiger partial charge in [-0.1, -0.05) is 6.07 Å². The number of hydrogen-bond donors (Lipinski definition) is 1. The zero-order valence-electron chi connectivity index (χ0n) is 10.2. The van der Waals surface area contributed by atoms with Crippen molar-refractivity contribution in [3.63, 3.8) is 0 Å². The molecule has 0 saturated carbocycles. The molecule has 0 bridgehead atoms. The lowest BCUT2D eigenvalue weighted by molar-refractivity contribution is 0.374. The SMILES string of the molecule is CN1C(=S)N[C@@H](c2ccccn2)[C@@H]1c1ccc(Br)s1. The molecule has 2 aromatic rings. The van der Waals surface area contributed by atoms with Gasteiger partial charge in [0.1, 0.15) is 0 Å². The van der Waals surface area contributed by atoms with Gasteiger partial charge in [-0.3, -0.25) is 4.98 Å². The van der Waals surface area contributed by atoms with E-state index in [-0.39, 0.29) is 12.1 Å². The third-order valence-corrected chi connectivity index (χ3v) is 5.32.